The maximum absolute atomic E-state index is 12.2. The number of nitrogens with one attached hydrogen (secondary N) is 1. The number of aryl methyl sites for hydroxylation is 1. The summed E-state index contributed by atoms with van der Waals surface area (Å²) in [6.07, 6.45) is -0.909. The van der Waals surface area contributed by atoms with Gasteiger partial charge in [0.05, 0.1) is 12.5 Å². The third-order valence-electron chi connectivity index (χ3n) is 3.73. The number of carbonyl (C=O) groups is 2. The van der Waals surface area contributed by atoms with Crippen LogP contribution in [-0.4, -0.2) is 35.9 Å². The van der Waals surface area contributed by atoms with Crippen LogP contribution in [0.25, 0.3) is 0 Å². The average molecular weight is 326 g/mol. The summed E-state index contributed by atoms with van der Waals surface area (Å²) in [6, 6.07) is 14.2. The molecule has 24 heavy (non-hydrogen) atoms. The van der Waals surface area contributed by atoms with Gasteiger partial charge in [0.15, 0.2) is 0 Å². The first-order valence-corrected chi connectivity index (χ1v) is 7.73. The molecule has 0 spiro atoms. The molecule has 2 aromatic rings. The standard InChI is InChI=1S/C19H22N2O3/c1-13-9-10-15(19(24)21(2)3)11-16(13)20-18(23)12-17(22)14-7-5-4-6-8-14/h4-11,17,22H,12H2,1-3H3,(H,20,23). The van der Waals surface area contributed by atoms with E-state index in [-0.39, 0.29) is 18.2 Å². The zero-order valence-corrected chi connectivity index (χ0v) is 14.1. The highest BCUT2D eigenvalue weighted by Gasteiger charge is 2.15. The largest absolute Gasteiger partial charge is 0.388 e. The molecule has 0 fully saturated rings. The van der Waals surface area contributed by atoms with Crippen LogP contribution in [0.1, 0.15) is 34.0 Å². The van der Waals surface area contributed by atoms with Gasteiger partial charge < -0.3 is 15.3 Å². The van der Waals surface area contributed by atoms with Crippen LogP contribution in [-0.2, 0) is 4.79 Å². The molecule has 2 amide bonds. The van der Waals surface area contributed by atoms with Crippen molar-refractivity contribution < 1.29 is 14.7 Å². The first-order chi connectivity index (χ1) is 11.4. The van der Waals surface area contributed by atoms with E-state index in [1.54, 1.807) is 44.4 Å². The third-order valence-corrected chi connectivity index (χ3v) is 3.73. The number of amides is 2. The molecule has 126 valence electrons. The van der Waals surface area contributed by atoms with Gasteiger partial charge in [-0.25, -0.2) is 0 Å². The average Bonchev–Trinajstić information content (AvgIpc) is 2.56. The third kappa shape index (κ3) is 4.43. The zero-order valence-electron chi connectivity index (χ0n) is 14.1. The van der Waals surface area contributed by atoms with E-state index in [4.69, 9.17) is 0 Å². The lowest BCUT2D eigenvalue weighted by Crippen LogP contribution is -2.22. The predicted octanol–water partition coefficient (Wildman–Crippen LogP) is 2.76. The van der Waals surface area contributed by atoms with Crippen molar-refractivity contribution in [2.45, 2.75) is 19.4 Å². The molecule has 2 rings (SSSR count). The number of nitrogens with zero attached hydrogens (tertiary/aromatic N) is 1. The molecule has 1 unspecified atom stereocenters. The fraction of sp³-hybridized carbons (Fsp3) is 0.263. The minimum Gasteiger partial charge on any atom is -0.388 e. The lowest BCUT2D eigenvalue weighted by atomic mass is 10.1. The Morgan fingerprint density at radius 1 is 1.12 bits per heavy atom. The highest BCUT2D eigenvalue weighted by atomic mass is 16.3. The maximum Gasteiger partial charge on any atom is 0.253 e. The monoisotopic (exact) mass is 326 g/mol. The molecule has 0 aliphatic rings. The summed E-state index contributed by atoms with van der Waals surface area (Å²) in [5.41, 5.74) is 2.63. The fourth-order valence-corrected chi connectivity index (χ4v) is 2.32. The summed E-state index contributed by atoms with van der Waals surface area (Å²) in [5.74, 6) is -0.432. The molecule has 5 nitrogen and oxygen atoms in total. The Hall–Kier alpha value is -2.66. The van der Waals surface area contributed by atoms with Crippen molar-refractivity contribution in [3.8, 4) is 0 Å². The Balaban J connectivity index is 2.08. The number of hydrogen-bond acceptors (Lipinski definition) is 3. The molecule has 0 aliphatic carbocycles. The van der Waals surface area contributed by atoms with Crippen LogP contribution in [0.5, 0.6) is 0 Å². The van der Waals surface area contributed by atoms with Crippen LogP contribution in [0.4, 0.5) is 5.69 Å². The van der Waals surface area contributed by atoms with Crippen molar-refractivity contribution in [1.82, 2.24) is 4.90 Å². The van der Waals surface area contributed by atoms with Gasteiger partial charge in [-0.3, -0.25) is 9.59 Å². The van der Waals surface area contributed by atoms with E-state index in [9.17, 15) is 14.7 Å². The Kier molecular flexibility index (Phi) is 5.71. The number of rotatable bonds is 5. The van der Waals surface area contributed by atoms with Gasteiger partial charge >= 0.3 is 0 Å². The highest BCUT2D eigenvalue weighted by molar-refractivity contribution is 5.97. The van der Waals surface area contributed by atoms with Crippen molar-refractivity contribution in [2.24, 2.45) is 0 Å². The first kappa shape index (κ1) is 17.7. The number of carbonyl (C=O) groups excluding carboxylic acids is 2. The molecule has 0 heterocycles. The van der Waals surface area contributed by atoms with Gasteiger partial charge in [0.1, 0.15) is 0 Å². The van der Waals surface area contributed by atoms with Crippen LogP contribution in [0.2, 0.25) is 0 Å². The molecule has 0 saturated carbocycles. The summed E-state index contributed by atoms with van der Waals surface area (Å²) in [4.78, 5) is 25.7. The van der Waals surface area contributed by atoms with Crippen LogP contribution < -0.4 is 5.32 Å². The second-order valence-corrected chi connectivity index (χ2v) is 5.91. The number of anilines is 1. The number of aliphatic hydroxyl groups excluding tert-OH is 1. The normalized spacial score (nSPS) is 11.7. The Morgan fingerprint density at radius 2 is 1.79 bits per heavy atom. The second kappa shape index (κ2) is 7.75. The van der Waals surface area contributed by atoms with E-state index in [1.807, 2.05) is 25.1 Å². The molecular weight excluding hydrogens is 304 g/mol. The van der Waals surface area contributed by atoms with Gasteiger partial charge in [0.25, 0.3) is 5.91 Å². The highest BCUT2D eigenvalue weighted by Crippen LogP contribution is 2.20. The predicted molar refractivity (Wildman–Crippen MR) is 93.8 cm³/mol. The quantitative estimate of drug-likeness (QED) is 0.887. The first-order valence-electron chi connectivity index (χ1n) is 7.73. The topological polar surface area (TPSA) is 69.6 Å². The molecular formula is C19H22N2O3. The fourth-order valence-electron chi connectivity index (χ4n) is 2.32. The summed E-state index contributed by atoms with van der Waals surface area (Å²) >= 11 is 0. The number of hydrogen-bond donors (Lipinski definition) is 2. The van der Waals surface area contributed by atoms with E-state index in [2.05, 4.69) is 5.32 Å². The van der Waals surface area contributed by atoms with E-state index < -0.39 is 6.10 Å². The van der Waals surface area contributed by atoms with Gasteiger partial charge in [0, 0.05) is 25.3 Å². The summed E-state index contributed by atoms with van der Waals surface area (Å²) in [5, 5.41) is 12.9. The summed E-state index contributed by atoms with van der Waals surface area (Å²) in [6.45, 7) is 1.85. The van der Waals surface area contributed by atoms with Crippen LogP contribution in [0.15, 0.2) is 48.5 Å². The molecule has 1 atom stereocenters. The van der Waals surface area contributed by atoms with Gasteiger partial charge in [0.2, 0.25) is 5.91 Å². The minimum atomic E-state index is -0.863. The zero-order chi connectivity index (χ0) is 17.7. The SMILES string of the molecule is Cc1ccc(C(=O)N(C)C)cc1NC(=O)CC(O)c1ccccc1. The van der Waals surface area contributed by atoms with Gasteiger partial charge in [-0.05, 0) is 30.2 Å². The molecule has 0 aliphatic heterocycles. The number of benzene rings is 2. The van der Waals surface area contributed by atoms with E-state index in [0.29, 0.717) is 16.8 Å². The molecule has 0 saturated heterocycles. The Labute approximate surface area is 141 Å². The van der Waals surface area contributed by atoms with Crippen LogP contribution in [0.3, 0.4) is 0 Å². The number of aliphatic hydroxyl groups is 1. The van der Waals surface area contributed by atoms with E-state index >= 15 is 0 Å². The lowest BCUT2D eigenvalue weighted by molar-refractivity contribution is -0.118. The van der Waals surface area contributed by atoms with Gasteiger partial charge in [-0.1, -0.05) is 36.4 Å². The van der Waals surface area contributed by atoms with Crippen molar-refractivity contribution >= 4 is 17.5 Å². The molecule has 0 bridgehead atoms. The van der Waals surface area contributed by atoms with Crippen LogP contribution >= 0.6 is 0 Å². The maximum atomic E-state index is 12.2. The van der Waals surface area contributed by atoms with Crippen molar-refractivity contribution in [1.29, 1.82) is 0 Å². The Bertz CT molecular complexity index is 727. The van der Waals surface area contributed by atoms with Crippen molar-refractivity contribution in [2.75, 3.05) is 19.4 Å². The van der Waals surface area contributed by atoms with Crippen molar-refractivity contribution in [3.63, 3.8) is 0 Å². The molecule has 0 radical (unpaired) electrons. The minimum absolute atomic E-state index is 0.0463. The van der Waals surface area contributed by atoms with Gasteiger partial charge in [-0.2, -0.15) is 0 Å². The lowest BCUT2D eigenvalue weighted by Gasteiger charge is -2.15. The molecule has 0 aromatic heterocycles. The summed E-state index contributed by atoms with van der Waals surface area (Å²) in [7, 11) is 3.35. The molecule has 2 aromatic carbocycles. The van der Waals surface area contributed by atoms with Crippen LogP contribution in [0, 0.1) is 6.92 Å². The summed E-state index contributed by atoms with van der Waals surface area (Å²) < 4.78 is 0. The van der Waals surface area contributed by atoms with E-state index in [1.165, 1.54) is 4.90 Å². The second-order valence-electron chi connectivity index (χ2n) is 5.91. The smallest absolute Gasteiger partial charge is 0.253 e. The molecule has 2 N–H and O–H groups in total. The van der Waals surface area contributed by atoms with Crippen molar-refractivity contribution in [3.05, 3.63) is 65.2 Å². The van der Waals surface area contributed by atoms with Gasteiger partial charge in [-0.15, -0.1) is 0 Å². The Morgan fingerprint density at radius 3 is 2.42 bits per heavy atom. The molecule has 5 heteroatoms. The van der Waals surface area contributed by atoms with E-state index in [0.717, 1.165) is 5.56 Å².